The molecular formula is C4H6N8O4. The Bertz CT molecular complexity index is 360. The summed E-state index contributed by atoms with van der Waals surface area (Å²) in [6, 6.07) is 0. The lowest BCUT2D eigenvalue weighted by atomic mass is 10.2. The molecule has 0 amide bonds. The third-order valence-corrected chi connectivity index (χ3v) is 1.62. The van der Waals surface area contributed by atoms with Crippen molar-refractivity contribution in [2.24, 2.45) is 10.2 Å². The summed E-state index contributed by atoms with van der Waals surface area (Å²) in [5.41, 5.74) is 16.0. The molecule has 0 atom stereocenters. The van der Waals surface area contributed by atoms with Crippen molar-refractivity contribution in [3.63, 3.8) is 0 Å². The quantitative estimate of drug-likeness (QED) is 0.122. The molecule has 16 heavy (non-hydrogen) atoms. The molecule has 0 radical (unpaired) electrons. The van der Waals surface area contributed by atoms with Gasteiger partial charge < -0.3 is 0 Å². The van der Waals surface area contributed by atoms with Crippen LogP contribution >= 0.6 is 0 Å². The van der Waals surface area contributed by atoms with Crippen LogP contribution in [0.25, 0.3) is 20.9 Å². The molecule has 0 aromatic carbocycles. The molecule has 86 valence electrons. The van der Waals surface area contributed by atoms with Crippen LogP contribution in [0.15, 0.2) is 10.2 Å². The first-order valence-electron chi connectivity index (χ1n) is 3.87. The third kappa shape index (κ3) is 2.97. The molecule has 12 heteroatoms. The van der Waals surface area contributed by atoms with Crippen LogP contribution in [-0.2, 0) is 0 Å². The molecule has 0 saturated heterocycles. The maximum absolute atomic E-state index is 10.5. The molecule has 0 heterocycles. The molecule has 0 N–H and O–H groups in total. The average molecular weight is 230 g/mol. The van der Waals surface area contributed by atoms with E-state index >= 15 is 0 Å². The zero-order valence-electron chi connectivity index (χ0n) is 7.83. The van der Waals surface area contributed by atoms with Crippen LogP contribution in [0.1, 0.15) is 12.8 Å². The summed E-state index contributed by atoms with van der Waals surface area (Å²) in [7, 11) is 0. The maximum atomic E-state index is 10.5. The van der Waals surface area contributed by atoms with Gasteiger partial charge >= 0.3 is 5.79 Å². The Morgan fingerprint density at radius 2 is 1.75 bits per heavy atom. The monoisotopic (exact) mass is 230 g/mol. The molecule has 0 unspecified atom stereocenters. The normalized spacial score (nSPS) is 9.75. The lowest BCUT2D eigenvalue weighted by Gasteiger charge is -2.10. The van der Waals surface area contributed by atoms with E-state index in [4.69, 9.17) is 11.1 Å². The second-order valence-electron chi connectivity index (χ2n) is 2.54. The lowest BCUT2D eigenvalue weighted by molar-refractivity contribution is -0.796. The summed E-state index contributed by atoms with van der Waals surface area (Å²) >= 11 is 0. The second-order valence-corrected chi connectivity index (χ2v) is 2.54. The standard InChI is InChI=1S/C4H6N8O4/c5-9-7-3-1-2-4(8-10-6,11(13)14)12(15)16/h1-3H2. The van der Waals surface area contributed by atoms with Gasteiger partial charge in [-0.05, 0) is 17.5 Å². The van der Waals surface area contributed by atoms with Crippen LogP contribution < -0.4 is 0 Å². The molecule has 0 bridgehead atoms. The summed E-state index contributed by atoms with van der Waals surface area (Å²) < 4.78 is 0. The largest absolute Gasteiger partial charge is 0.545 e. The van der Waals surface area contributed by atoms with Crippen molar-refractivity contribution in [1.82, 2.24) is 0 Å². The number of nitrogens with zero attached hydrogens (tertiary/aromatic N) is 8. The molecular weight excluding hydrogens is 224 g/mol. The van der Waals surface area contributed by atoms with Crippen molar-refractivity contribution in [3.05, 3.63) is 41.1 Å². The molecule has 0 spiro atoms. The Kier molecular flexibility index (Phi) is 5.04. The molecule has 0 aliphatic heterocycles. The Morgan fingerprint density at radius 1 is 1.19 bits per heavy atom. The predicted molar refractivity (Wildman–Crippen MR) is 49.1 cm³/mol. The van der Waals surface area contributed by atoms with Crippen molar-refractivity contribution in [2.75, 3.05) is 6.54 Å². The fourth-order valence-electron chi connectivity index (χ4n) is 0.876. The first-order valence-corrected chi connectivity index (χ1v) is 3.87. The topological polar surface area (TPSA) is 184 Å². The van der Waals surface area contributed by atoms with Crippen molar-refractivity contribution in [2.45, 2.75) is 18.6 Å². The highest BCUT2D eigenvalue weighted by Gasteiger charge is 2.55. The minimum Gasteiger partial charge on any atom is -0.258 e. The van der Waals surface area contributed by atoms with Crippen molar-refractivity contribution < 1.29 is 9.85 Å². The average Bonchev–Trinajstić information content (AvgIpc) is 2.21. The summed E-state index contributed by atoms with van der Waals surface area (Å²) in [4.78, 5) is 22.9. The fraction of sp³-hybridized carbons (Fsp3) is 1.00. The van der Waals surface area contributed by atoms with Gasteiger partial charge in [-0.25, -0.2) is 0 Å². The lowest BCUT2D eigenvalue weighted by Crippen LogP contribution is -2.44. The van der Waals surface area contributed by atoms with Crippen molar-refractivity contribution in [3.8, 4) is 0 Å². The van der Waals surface area contributed by atoms with Gasteiger partial charge in [0.05, 0.1) is 11.5 Å². The molecule has 0 aromatic heterocycles. The predicted octanol–water partition coefficient (Wildman–Crippen LogP) is 1.59. The minimum absolute atomic E-state index is 0.134. The molecule has 0 aliphatic carbocycles. The van der Waals surface area contributed by atoms with Gasteiger partial charge in [0.15, 0.2) is 0 Å². The number of rotatable bonds is 7. The summed E-state index contributed by atoms with van der Waals surface area (Å²) in [6.07, 6.45) is -0.777. The van der Waals surface area contributed by atoms with E-state index in [-0.39, 0.29) is 13.0 Å². The van der Waals surface area contributed by atoms with Gasteiger partial charge in [-0.3, -0.25) is 20.2 Å². The Hall–Kier alpha value is -2.58. The van der Waals surface area contributed by atoms with Gasteiger partial charge in [0.25, 0.3) is 0 Å². The van der Waals surface area contributed by atoms with Crippen LogP contribution in [0.2, 0.25) is 0 Å². The molecule has 0 aromatic rings. The SMILES string of the molecule is [N-]=[N+]=NCCCC(N=[N+]=[N-])([N+](=O)[O-])[N+](=O)[O-]. The zero-order chi connectivity index (χ0) is 12.6. The smallest absolute Gasteiger partial charge is 0.258 e. The van der Waals surface area contributed by atoms with E-state index in [9.17, 15) is 20.2 Å². The number of hydrogen-bond acceptors (Lipinski definition) is 6. The highest BCUT2D eigenvalue weighted by molar-refractivity contribution is 4.66. The van der Waals surface area contributed by atoms with E-state index in [1.165, 1.54) is 0 Å². The second kappa shape index (κ2) is 6.01. The fourth-order valence-corrected chi connectivity index (χ4v) is 0.876. The van der Waals surface area contributed by atoms with E-state index in [1.807, 2.05) is 0 Å². The van der Waals surface area contributed by atoms with Crippen molar-refractivity contribution >= 4 is 0 Å². The van der Waals surface area contributed by atoms with Gasteiger partial charge in [0.2, 0.25) is 0 Å². The van der Waals surface area contributed by atoms with Gasteiger partial charge in [-0.15, -0.1) is 0 Å². The van der Waals surface area contributed by atoms with Crippen LogP contribution in [-0.4, -0.2) is 22.2 Å². The van der Waals surface area contributed by atoms with Gasteiger partial charge in [-0.2, -0.15) is 0 Å². The van der Waals surface area contributed by atoms with Crippen LogP contribution in [0.5, 0.6) is 0 Å². The highest BCUT2D eigenvalue weighted by Crippen LogP contribution is 2.20. The Labute approximate surface area is 87.4 Å². The molecule has 0 rings (SSSR count). The van der Waals surface area contributed by atoms with Crippen LogP contribution in [0.4, 0.5) is 0 Å². The van der Waals surface area contributed by atoms with Crippen LogP contribution in [0, 0.1) is 20.2 Å². The van der Waals surface area contributed by atoms with Gasteiger partial charge in [0.1, 0.15) is 9.85 Å². The number of azide groups is 2. The van der Waals surface area contributed by atoms with E-state index < -0.39 is 22.1 Å². The van der Waals surface area contributed by atoms with Crippen molar-refractivity contribution in [1.29, 1.82) is 0 Å². The first kappa shape index (κ1) is 13.4. The van der Waals surface area contributed by atoms with Crippen LogP contribution in [0.3, 0.4) is 0 Å². The zero-order valence-corrected chi connectivity index (χ0v) is 7.83. The molecule has 12 nitrogen and oxygen atoms in total. The highest BCUT2D eigenvalue weighted by atomic mass is 16.7. The number of hydrogen-bond donors (Lipinski definition) is 0. The maximum Gasteiger partial charge on any atom is 0.545 e. The molecule has 0 aliphatic rings. The minimum atomic E-state index is -2.93. The summed E-state index contributed by atoms with van der Waals surface area (Å²) in [5.74, 6) is -2.93. The summed E-state index contributed by atoms with van der Waals surface area (Å²) in [5, 5.41) is 26.7. The Balaban J connectivity index is 4.90. The van der Waals surface area contributed by atoms with E-state index in [2.05, 4.69) is 20.1 Å². The molecule has 0 fully saturated rings. The first-order chi connectivity index (χ1) is 7.51. The number of nitro groups is 2. The van der Waals surface area contributed by atoms with Gasteiger partial charge in [-0.1, -0.05) is 5.11 Å². The van der Waals surface area contributed by atoms with Gasteiger partial charge in [0, 0.05) is 16.4 Å². The van der Waals surface area contributed by atoms with E-state index in [1.54, 1.807) is 0 Å². The summed E-state index contributed by atoms with van der Waals surface area (Å²) in [6.45, 7) is -0.152. The Morgan fingerprint density at radius 3 is 2.12 bits per heavy atom. The molecule has 0 saturated carbocycles. The van der Waals surface area contributed by atoms with E-state index in [0.717, 1.165) is 0 Å². The third-order valence-electron chi connectivity index (χ3n) is 1.62. The van der Waals surface area contributed by atoms with E-state index in [0.29, 0.717) is 0 Å².